The van der Waals surface area contributed by atoms with Gasteiger partial charge in [-0.05, 0) is 5.92 Å². The second-order valence-electron chi connectivity index (χ2n) is 4.34. The molecule has 0 atom stereocenters. The number of amides is 2. The predicted octanol–water partition coefficient (Wildman–Crippen LogP) is 0.967. The summed E-state index contributed by atoms with van der Waals surface area (Å²) in [5, 5.41) is 5.29. The van der Waals surface area contributed by atoms with Crippen LogP contribution in [0.25, 0.3) is 0 Å². The Kier molecular flexibility index (Phi) is 5.76. The first kappa shape index (κ1) is 14.1. The number of nitrogens with one attached hydrogen (secondary N) is 2. The third kappa shape index (κ3) is 5.93. The fourth-order valence-electron chi connectivity index (χ4n) is 1.33. The van der Waals surface area contributed by atoms with Crippen molar-refractivity contribution in [3.63, 3.8) is 0 Å². The molecular weight excluding hydrogens is 232 g/mol. The summed E-state index contributed by atoms with van der Waals surface area (Å²) in [4.78, 5) is 30.6. The molecule has 0 saturated carbocycles. The van der Waals surface area contributed by atoms with E-state index >= 15 is 0 Å². The van der Waals surface area contributed by atoms with Crippen LogP contribution in [0.15, 0.2) is 18.6 Å². The number of hydrogen-bond donors (Lipinski definition) is 2. The molecule has 0 aromatic carbocycles. The van der Waals surface area contributed by atoms with Gasteiger partial charge in [-0.15, -0.1) is 0 Å². The molecule has 0 aliphatic heterocycles. The predicted molar refractivity (Wildman–Crippen MR) is 67.7 cm³/mol. The standard InChI is InChI=1S/C12H18N4O2/c1-9(2)7-12(18)15-4-3-11(17)16-10-8-13-5-6-14-10/h5-6,8-9H,3-4,7H2,1-2H3,(H,15,18)(H,14,16,17). The molecule has 1 rings (SSSR count). The van der Waals surface area contributed by atoms with Gasteiger partial charge in [0.15, 0.2) is 5.82 Å². The maximum Gasteiger partial charge on any atom is 0.227 e. The van der Waals surface area contributed by atoms with Crippen LogP contribution in [0.2, 0.25) is 0 Å². The normalized spacial score (nSPS) is 10.2. The monoisotopic (exact) mass is 250 g/mol. The van der Waals surface area contributed by atoms with E-state index in [4.69, 9.17) is 0 Å². The van der Waals surface area contributed by atoms with Crippen LogP contribution in [0, 0.1) is 5.92 Å². The van der Waals surface area contributed by atoms with Gasteiger partial charge < -0.3 is 10.6 Å². The van der Waals surface area contributed by atoms with Crippen molar-refractivity contribution >= 4 is 17.6 Å². The first-order valence-corrected chi connectivity index (χ1v) is 5.90. The molecule has 6 nitrogen and oxygen atoms in total. The van der Waals surface area contributed by atoms with E-state index < -0.39 is 0 Å². The van der Waals surface area contributed by atoms with Crippen molar-refractivity contribution in [1.82, 2.24) is 15.3 Å². The van der Waals surface area contributed by atoms with Crippen LogP contribution in [0.3, 0.4) is 0 Å². The first-order chi connectivity index (χ1) is 8.58. The highest BCUT2D eigenvalue weighted by molar-refractivity contribution is 5.90. The molecule has 2 N–H and O–H groups in total. The summed E-state index contributed by atoms with van der Waals surface area (Å²) < 4.78 is 0. The Labute approximate surface area is 106 Å². The minimum absolute atomic E-state index is 0.0303. The Hall–Kier alpha value is -1.98. The van der Waals surface area contributed by atoms with Crippen molar-refractivity contribution in [2.24, 2.45) is 5.92 Å². The highest BCUT2D eigenvalue weighted by Crippen LogP contribution is 1.99. The number of aromatic nitrogens is 2. The molecule has 1 aromatic heterocycles. The maximum absolute atomic E-state index is 11.5. The van der Waals surface area contributed by atoms with Crippen LogP contribution in [0.5, 0.6) is 0 Å². The smallest absolute Gasteiger partial charge is 0.227 e. The lowest BCUT2D eigenvalue weighted by atomic mass is 10.1. The molecule has 0 aliphatic carbocycles. The van der Waals surface area contributed by atoms with Crippen LogP contribution in [-0.4, -0.2) is 28.3 Å². The molecular formula is C12H18N4O2. The minimum Gasteiger partial charge on any atom is -0.356 e. The molecule has 0 aliphatic rings. The van der Waals surface area contributed by atoms with Gasteiger partial charge in [0, 0.05) is 31.8 Å². The van der Waals surface area contributed by atoms with Crippen molar-refractivity contribution in [3.05, 3.63) is 18.6 Å². The number of carbonyl (C=O) groups excluding carboxylic acids is 2. The summed E-state index contributed by atoms with van der Waals surface area (Å²) in [5.74, 6) is 0.507. The quantitative estimate of drug-likeness (QED) is 0.788. The van der Waals surface area contributed by atoms with Crippen LogP contribution < -0.4 is 10.6 Å². The van der Waals surface area contributed by atoms with E-state index in [9.17, 15) is 9.59 Å². The van der Waals surface area contributed by atoms with Crippen LogP contribution in [-0.2, 0) is 9.59 Å². The summed E-state index contributed by atoms with van der Waals surface area (Å²) in [7, 11) is 0. The SMILES string of the molecule is CC(C)CC(=O)NCCC(=O)Nc1cnccn1. The molecule has 0 radical (unpaired) electrons. The molecule has 2 amide bonds. The van der Waals surface area contributed by atoms with Crippen molar-refractivity contribution in [1.29, 1.82) is 0 Å². The van der Waals surface area contributed by atoms with Gasteiger partial charge in [-0.25, -0.2) is 4.98 Å². The molecule has 0 unspecified atom stereocenters. The molecule has 0 fully saturated rings. The Morgan fingerprint density at radius 1 is 1.28 bits per heavy atom. The second kappa shape index (κ2) is 7.37. The van der Waals surface area contributed by atoms with Gasteiger partial charge in [0.1, 0.15) is 0 Å². The van der Waals surface area contributed by atoms with Crippen molar-refractivity contribution in [3.8, 4) is 0 Å². The summed E-state index contributed by atoms with van der Waals surface area (Å²) in [6.45, 7) is 4.28. The second-order valence-corrected chi connectivity index (χ2v) is 4.34. The van der Waals surface area contributed by atoms with E-state index in [0.717, 1.165) is 0 Å². The van der Waals surface area contributed by atoms with Gasteiger partial charge in [0.25, 0.3) is 0 Å². The highest BCUT2D eigenvalue weighted by Gasteiger charge is 2.06. The average molecular weight is 250 g/mol. The Morgan fingerprint density at radius 2 is 2.06 bits per heavy atom. The van der Waals surface area contributed by atoms with E-state index in [0.29, 0.717) is 24.7 Å². The van der Waals surface area contributed by atoms with E-state index in [2.05, 4.69) is 20.6 Å². The fraction of sp³-hybridized carbons (Fsp3) is 0.500. The average Bonchev–Trinajstić information content (AvgIpc) is 2.29. The van der Waals surface area contributed by atoms with Gasteiger partial charge in [0.05, 0.1) is 6.20 Å². The summed E-state index contributed by atoms with van der Waals surface area (Å²) in [6, 6.07) is 0. The molecule has 0 saturated heterocycles. The number of rotatable bonds is 6. The number of hydrogen-bond acceptors (Lipinski definition) is 4. The molecule has 18 heavy (non-hydrogen) atoms. The van der Waals surface area contributed by atoms with Crippen molar-refractivity contribution in [2.45, 2.75) is 26.7 Å². The van der Waals surface area contributed by atoms with E-state index in [-0.39, 0.29) is 18.2 Å². The Balaban J connectivity index is 2.20. The summed E-state index contributed by atoms with van der Waals surface area (Å²) in [6.07, 6.45) is 5.20. The Bertz CT molecular complexity index is 392. The van der Waals surface area contributed by atoms with Crippen LogP contribution in [0.4, 0.5) is 5.82 Å². The largest absolute Gasteiger partial charge is 0.356 e. The molecule has 1 heterocycles. The van der Waals surface area contributed by atoms with E-state index in [1.165, 1.54) is 18.6 Å². The lowest BCUT2D eigenvalue weighted by Gasteiger charge is -2.07. The molecule has 0 spiro atoms. The number of carbonyl (C=O) groups is 2. The highest BCUT2D eigenvalue weighted by atomic mass is 16.2. The van der Waals surface area contributed by atoms with E-state index in [1.807, 2.05) is 13.8 Å². The van der Waals surface area contributed by atoms with E-state index in [1.54, 1.807) is 0 Å². The Morgan fingerprint density at radius 3 is 2.67 bits per heavy atom. The zero-order chi connectivity index (χ0) is 13.4. The molecule has 0 bridgehead atoms. The third-order valence-electron chi connectivity index (χ3n) is 2.10. The van der Waals surface area contributed by atoms with Crippen LogP contribution in [0.1, 0.15) is 26.7 Å². The maximum atomic E-state index is 11.5. The van der Waals surface area contributed by atoms with Crippen molar-refractivity contribution in [2.75, 3.05) is 11.9 Å². The molecule has 98 valence electrons. The zero-order valence-electron chi connectivity index (χ0n) is 10.6. The minimum atomic E-state index is -0.194. The summed E-state index contributed by atoms with van der Waals surface area (Å²) in [5.41, 5.74) is 0. The van der Waals surface area contributed by atoms with Crippen LogP contribution >= 0.6 is 0 Å². The summed E-state index contributed by atoms with van der Waals surface area (Å²) >= 11 is 0. The van der Waals surface area contributed by atoms with Gasteiger partial charge >= 0.3 is 0 Å². The lowest BCUT2D eigenvalue weighted by molar-refractivity contribution is -0.121. The van der Waals surface area contributed by atoms with Gasteiger partial charge in [-0.1, -0.05) is 13.8 Å². The topological polar surface area (TPSA) is 84.0 Å². The van der Waals surface area contributed by atoms with Gasteiger partial charge in [0.2, 0.25) is 11.8 Å². The lowest BCUT2D eigenvalue weighted by Crippen LogP contribution is -2.28. The zero-order valence-corrected chi connectivity index (χ0v) is 10.6. The first-order valence-electron chi connectivity index (χ1n) is 5.90. The fourth-order valence-corrected chi connectivity index (χ4v) is 1.33. The molecule has 1 aromatic rings. The number of nitrogens with zero attached hydrogens (tertiary/aromatic N) is 2. The third-order valence-corrected chi connectivity index (χ3v) is 2.10. The van der Waals surface area contributed by atoms with Gasteiger partial charge in [-0.3, -0.25) is 14.6 Å². The number of anilines is 1. The molecule has 6 heteroatoms. The van der Waals surface area contributed by atoms with Gasteiger partial charge in [-0.2, -0.15) is 0 Å². The van der Waals surface area contributed by atoms with Crippen molar-refractivity contribution < 1.29 is 9.59 Å².